The second-order valence-corrected chi connectivity index (χ2v) is 6.91. The third kappa shape index (κ3) is 4.83. The van der Waals surface area contributed by atoms with Gasteiger partial charge in [-0.15, -0.1) is 0 Å². The molecule has 1 N–H and O–H groups in total. The summed E-state index contributed by atoms with van der Waals surface area (Å²) in [4.78, 5) is 14.4. The molecule has 3 nitrogen and oxygen atoms in total. The number of benzene rings is 2. The van der Waals surface area contributed by atoms with E-state index in [-0.39, 0.29) is 5.91 Å². The van der Waals surface area contributed by atoms with Crippen LogP contribution in [0.15, 0.2) is 42.5 Å². The van der Waals surface area contributed by atoms with Crippen molar-refractivity contribution in [2.24, 2.45) is 0 Å². The van der Waals surface area contributed by atoms with Gasteiger partial charge in [0.1, 0.15) is 0 Å². The second kappa shape index (κ2) is 8.32. The summed E-state index contributed by atoms with van der Waals surface area (Å²) in [5.41, 5.74) is 4.21. The Morgan fingerprint density at radius 3 is 2.54 bits per heavy atom. The van der Waals surface area contributed by atoms with Crippen molar-refractivity contribution in [2.75, 3.05) is 18.9 Å². The van der Waals surface area contributed by atoms with Gasteiger partial charge < -0.3 is 5.32 Å². The zero-order valence-corrected chi connectivity index (χ0v) is 15.5. The van der Waals surface area contributed by atoms with Crippen LogP contribution >= 0.6 is 11.6 Å². The van der Waals surface area contributed by atoms with E-state index < -0.39 is 0 Å². The molecular formula is C20H25ClN2O. The van der Waals surface area contributed by atoms with E-state index in [0.717, 1.165) is 27.4 Å². The Labute approximate surface area is 149 Å². The van der Waals surface area contributed by atoms with Gasteiger partial charge >= 0.3 is 0 Å². The number of likely N-dealkylation sites (N-methyl/N-ethyl adjacent to an activating group) is 1. The average Bonchev–Trinajstić information content (AvgIpc) is 2.51. The van der Waals surface area contributed by atoms with E-state index >= 15 is 0 Å². The van der Waals surface area contributed by atoms with Gasteiger partial charge in [0.25, 0.3) is 0 Å². The number of hydrogen-bond donors (Lipinski definition) is 1. The van der Waals surface area contributed by atoms with Crippen molar-refractivity contribution in [2.45, 2.75) is 33.2 Å². The number of anilines is 1. The zero-order chi connectivity index (χ0) is 17.7. The Morgan fingerprint density at radius 2 is 1.88 bits per heavy atom. The third-order valence-corrected chi connectivity index (χ3v) is 4.37. The quantitative estimate of drug-likeness (QED) is 0.813. The molecule has 0 saturated heterocycles. The number of para-hydroxylation sites is 1. The number of aryl methyl sites for hydroxylation is 1. The standard InChI is InChI=1S/C20H25ClN2O/c1-14(2)17-10-7-8-15(3)20(17)22-19(24)13-23(4)12-16-9-5-6-11-18(16)21/h5-11,14H,12-13H2,1-4H3,(H,22,24). The molecule has 1 amide bonds. The van der Waals surface area contributed by atoms with Crippen molar-refractivity contribution in [1.29, 1.82) is 0 Å². The summed E-state index contributed by atoms with van der Waals surface area (Å²) in [6.07, 6.45) is 0. The van der Waals surface area contributed by atoms with Crippen molar-refractivity contribution in [3.05, 3.63) is 64.2 Å². The van der Waals surface area contributed by atoms with Gasteiger partial charge in [0.05, 0.1) is 6.54 Å². The molecule has 128 valence electrons. The van der Waals surface area contributed by atoms with Crippen molar-refractivity contribution in [1.82, 2.24) is 4.90 Å². The maximum Gasteiger partial charge on any atom is 0.238 e. The van der Waals surface area contributed by atoms with Gasteiger partial charge in [-0.3, -0.25) is 9.69 Å². The average molecular weight is 345 g/mol. The van der Waals surface area contributed by atoms with Crippen molar-refractivity contribution in [3.8, 4) is 0 Å². The molecule has 4 heteroatoms. The van der Waals surface area contributed by atoms with E-state index in [1.807, 2.05) is 55.3 Å². The van der Waals surface area contributed by atoms with Crippen LogP contribution in [0.1, 0.15) is 36.5 Å². The molecule has 0 bridgehead atoms. The normalized spacial score (nSPS) is 11.1. The van der Waals surface area contributed by atoms with E-state index in [1.165, 1.54) is 0 Å². The number of hydrogen-bond acceptors (Lipinski definition) is 2. The fraction of sp³-hybridized carbons (Fsp3) is 0.350. The summed E-state index contributed by atoms with van der Waals surface area (Å²) in [6, 6.07) is 13.8. The second-order valence-electron chi connectivity index (χ2n) is 6.51. The summed E-state index contributed by atoms with van der Waals surface area (Å²) in [5.74, 6) is 0.349. The molecule has 0 saturated carbocycles. The molecule has 0 aliphatic heterocycles. The zero-order valence-electron chi connectivity index (χ0n) is 14.8. The van der Waals surface area contributed by atoms with E-state index in [2.05, 4.69) is 25.2 Å². The highest BCUT2D eigenvalue weighted by molar-refractivity contribution is 6.31. The minimum absolute atomic E-state index is 0.0132. The number of amides is 1. The summed E-state index contributed by atoms with van der Waals surface area (Å²) in [6.45, 7) is 7.24. The fourth-order valence-electron chi connectivity index (χ4n) is 2.74. The Bertz CT molecular complexity index is 713. The Hall–Kier alpha value is -1.84. The molecule has 2 rings (SSSR count). The van der Waals surface area contributed by atoms with Crippen molar-refractivity contribution >= 4 is 23.2 Å². The first-order valence-electron chi connectivity index (χ1n) is 8.19. The number of nitrogens with one attached hydrogen (secondary N) is 1. The summed E-state index contributed by atoms with van der Waals surface area (Å²) in [7, 11) is 1.92. The van der Waals surface area contributed by atoms with Gasteiger partial charge in [-0.2, -0.15) is 0 Å². The van der Waals surface area contributed by atoms with Crippen molar-refractivity contribution in [3.63, 3.8) is 0 Å². The third-order valence-electron chi connectivity index (χ3n) is 4.00. The maximum absolute atomic E-state index is 12.4. The molecule has 0 heterocycles. The Morgan fingerprint density at radius 1 is 1.17 bits per heavy atom. The van der Waals surface area contributed by atoms with Crippen LogP contribution < -0.4 is 5.32 Å². The van der Waals surface area contributed by atoms with Gasteiger partial charge in [0, 0.05) is 17.3 Å². The Kier molecular flexibility index (Phi) is 6.41. The van der Waals surface area contributed by atoms with Crippen LogP contribution in [0.5, 0.6) is 0 Å². The molecule has 0 aliphatic rings. The van der Waals surface area contributed by atoms with Crippen molar-refractivity contribution < 1.29 is 4.79 Å². The maximum atomic E-state index is 12.4. The Balaban J connectivity index is 2.02. The lowest BCUT2D eigenvalue weighted by Crippen LogP contribution is -2.30. The highest BCUT2D eigenvalue weighted by Gasteiger charge is 2.14. The topological polar surface area (TPSA) is 32.3 Å². The first-order valence-corrected chi connectivity index (χ1v) is 8.57. The van der Waals surface area contributed by atoms with Crippen LogP contribution in [0.4, 0.5) is 5.69 Å². The minimum Gasteiger partial charge on any atom is -0.324 e. The molecule has 0 fully saturated rings. The largest absolute Gasteiger partial charge is 0.324 e. The van der Waals surface area contributed by atoms with E-state index in [1.54, 1.807) is 0 Å². The molecule has 0 atom stereocenters. The van der Waals surface area contributed by atoms with Gasteiger partial charge in [-0.25, -0.2) is 0 Å². The molecule has 0 unspecified atom stereocenters. The number of rotatable bonds is 6. The molecule has 24 heavy (non-hydrogen) atoms. The summed E-state index contributed by atoms with van der Waals surface area (Å²) < 4.78 is 0. The SMILES string of the molecule is Cc1cccc(C(C)C)c1NC(=O)CN(C)Cc1ccccc1Cl. The molecule has 0 radical (unpaired) electrons. The summed E-state index contributed by atoms with van der Waals surface area (Å²) >= 11 is 6.18. The van der Waals surface area contributed by atoms with Crippen LogP contribution in [0.3, 0.4) is 0 Å². The van der Waals surface area contributed by atoms with Gasteiger partial charge in [0.2, 0.25) is 5.91 Å². The number of halogens is 1. The molecule has 0 spiro atoms. The van der Waals surface area contributed by atoms with Gasteiger partial charge in [-0.05, 0) is 42.6 Å². The van der Waals surface area contributed by atoms with E-state index in [9.17, 15) is 4.79 Å². The highest BCUT2D eigenvalue weighted by atomic mass is 35.5. The van der Waals surface area contributed by atoms with Crippen LogP contribution in [-0.4, -0.2) is 24.4 Å². The monoisotopic (exact) mass is 344 g/mol. The van der Waals surface area contributed by atoms with Crippen LogP contribution in [0, 0.1) is 6.92 Å². The number of carbonyl (C=O) groups is 1. The van der Waals surface area contributed by atoms with E-state index in [4.69, 9.17) is 11.6 Å². The molecule has 0 aliphatic carbocycles. The lowest BCUT2D eigenvalue weighted by molar-refractivity contribution is -0.117. The van der Waals surface area contributed by atoms with Crippen LogP contribution in [-0.2, 0) is 11.3 Å². The molecule has 0 aromatic heterocycles. The first kappa shape index (κ1) is 18.5. The molecular weight excluding hydrogens is 320 g/mol. The minimum atomic E-state index is -0.0132. The molecule has 2 aromatic carbocycles. The van der Waals surface area contributed by atoms with E-state index in [0.29, 0.717) is 19.0 Å². The predicted molar refractivity (Wildman–Crippen MR) is 102 cm³/mol. The fourth-order valence-corrected chi connectivity index (χ4v) is 2.94. The molecule has 2 aromatic rings. The van der Waals surface area contributed by atoms with Crippen LogP contribution in [0.2, 0.25) is 5.02 Å². The lowest BCUT2D eigenvalue weighted by Gasteiger charge is -2.20. The predicted octanol–water partition coefficient (Wildman–Crippen LogP) is 4.84. The van der Waals surface area contributed by atoms with Gasteiger partial charge in [-0.1, -0.05) is 61.8 Å². The number of nitrogens with zero attached hydrogens (tertiary/aromatic N) is 1. The summed E-state index contributed by atoms with van der Waals surface area (Å²) in [5, 5.41) is 3.81. The number of carbonyl (C=O) groups excluding carboxylic acids is 1. The van der Waals surface area contributed by atoms with Gasteiger partial charge in [0.15, 0.2) is 0 Å². The first-order chi connectivity index (χ1) is 11.4. The van der Waals surface area contributed by atoms with Crippen LogP contribution in [0.25, 0.3) is 0 Å². The highest BCUT2D eigenvalue weighted by Crippen LogP contribution is 2.27. The smallest absolute Gasteiger partial charge is 0.238 e. The lowest BCUT2D eigenvalue weighted by atomic mass is 9.98.